The predicted molar refractivity (Wildman–Crippen MR) is 93.7 cm³/mol. The van der Waals surface area contributed by atoms with Crippen molar-refractivity contribution in [2.24, 2.45) is 5.73 Å². The van der Waals surface area contributed by atoms with E-state index in [0.29, 0.717) is 12.1 Å². The number of rotatable bonds is 4. The number of aromatic nitrogens is 1. The fourth-order valence-electron chi connectivity index (χ4n) is 2.56. The molecule has 5 nitrogen and oxygen atoms in total. The molecule has 2 aromatic rings. The van der Waals surface area contributed by atoms with Crippen molar-refractivity contribution in [1.82, 2.24) is 4.57 Å². The Balaban J connectivity index is 2.46. The molecule has 27 heavy (non-hydrogen) atoms. The molecule has 1 aromatic heterocycles. The number of carbonyl (C=O) groups is 2. The quantitative estimate of drug-likeness (QED) is 0.828. The number of halogens is 3. The molecule has 144 valence electrons. The van der Waals surface area contributed by atoms with Crippen LogP contribution in [-0.2, 0) is 18.1 Å². The van der Waals surface area contributed by atoms with Gasteiger partial charge in [-0.1, -0.05) is 45.0 Å². The van der Waals surface area contributed by atoms with Crippen LogP contribution < -0.4 is 11.3 Å². The lowest BCUT2D eigenvalue weighted by Gasteiger charge is -2.19. The smallest absolute Gasteiger partial charge is 0.365 e. The maximum atomic E-state index is 13.2. The van der Waals surface area contributed by atoms with Gasteiger partial charge in [-0.25, -0.2) is 0 Å². The van der Waals surface area contributed by atoms with Gasteiger partial charge >= 0.3 is 6.18 Å². The van der Waals surface area contributed by atoms with E-state index in [2.05, 4.69) is 0 Å². The summed E-state index contributed by atoms with van der Waals surface area (Å²) in [6.45, 7) is 5.08. The van der Waals surface area contributed by atoms with Gasteiger partial charge in [0.2, 0.25) is 0 Å². The molecule has 0 unspecified atom stereocenters. The van der Waals surface area contributed by atoms with Crippen LogP contribution in [0.15, 0.2) is 41.2 Å². The Morgan fingerprint density at radius 3 is 2.00 bits per heavy atom. The Hall–Kier alpha value is -2.90. The molecular weight excluding hydrogens is 361 g/mol. The lowest BCUT2D eigenvalue weighted by Crippen LogP contribution is -2.35. The van der Waals surface area contributed by atoms with E-state index in [0.717, 1.165) is 5.56 Å². The van der Waals surface area contributed by atoms with Gasteiger partial charge in [0, 0.05) is 5.56 Å². The number of hydrogen-bond donors (Lipinski definition) is 1. The SMILES string of the molecule is CC(C)(C)c1ccc(C(=O)Cn2c(C(F)(F)F)ccc(C(N)=O)c2=O)cc1. The van der Waals surface area contributed by atoms with Crippen LogP contribution in [0.3, 0.4) is 0 Å². The first-order valence-electron chi connectivity index (χ1n) is 8.07. The van der Waals surface area contributed by atoms with Crippen LogP contribution in [0, 0.1) is 0 Å². The number of hydrogen-bond acceptors (Lipinski definition) is 3. The van der Waals surface area contributed by atoms with Crippen molar-refractivity contribution in [1.29, 1.82) is 0 Å². The number of ketones is 1. The molecule has 0 aliphatic rings. The van der Waals surface area contributed by atoms with Gasteiger partial charge in [-0.05, 0) is 23.1 Å². The Kier molecular flexibility index (Phi) is 5.30. The van der Waals surface area contributed by atoms with Gasteiger partial charge in [-0.3, -0.25) is 19.0 Å². The summed E-state index contributed by atoms with van der Waals surface area (Å²) in [5.41, 5.74) is 2.79. The van der Waals surface area contributed by atoms with Crippen LogP contribution in [0.4, 0.5) is 13.2 Å². The maximum absolute atomic E-state index is 13.2. The normalized spacial score (nSPS) is 12.1. The van der Waals surface area contributed by atoms with Gasteiger partial charge in [0.1, 0.15) is 11.3 Å². The predicted octanol–water partition coefficient (Wildman–Crippen LogP) is 3.15. The van der Waals surface area contributed by atoms with E-state index < -0.39 is 41.2 Å². The van der Waals surface area contributed by atoms with E-state index in [-0.39, 0.29) is 15.5 Å². The zero-order valence-electron chi connectivity index (χ0n) is 15.1. The van der Waals surface area contributed by atoms with Gasteiger partial charge in [-0.2, -0.15) is 13.2 Å². The Labute approximate surface area is 153 Å². The highest BCUT2D eigenvalue weighted by Gasteiger charge is 2.35. The third-order valence-corrected chi connectivity index (χ3v) is 4.10. The molecule has 0 fully saturated rings. The first-order chi connectivity index (χ1) is 12.3. The van der Waals surface area contributed by atoms with Gasteiger partial charge < -0.3 is 5.73 Å². The molecule has 1 aromatic carbocycles. The van der Waals surface area contributed by atoms with E-state index in [1.807, 2.05) is 20.8 Å². The number of nitrogens with zero attached hydrogens (tertiary/aromatic N) is 1. The van der Waals surface area contributed by atoms with Gasteiger partial charge in [0.15, 0.2) is 5.78 Å². The topological polar surface area (TPSA) is 82.2 Å². The van der Waals surface area contributed by atoms with Gasteiger partial charge in [0.05, 0.1) is 6.54 Å². The zero-order valence-corrected chi connectivity index (χ0v) is 15.1. The van der Waals surface area contributed by atoms with Gasteiger partial charge in [-0.15, -0.1) is 0 Å². The molecule has 0 atom stereocenters. The molecule has 0 aliphatic heterocycles. The number of pyridine rings is 1. The number of benzene rings is 1. The van der Waals surface area contributed by atoms with Crippen molar-refractivity contribution in [3.05, 3.63) is 69.1 Å². The fourth-order valence-corrected chi connectivity index (χ4v) is 2.56. The van der Waals surface area contributed by atoms with E-state index >= 15 is 0 Å². The summed E-state index contributed by atoms with van der Waals surface area (Å²) >= 11 is 0. The molecule has 1 amide bonds. The lowest BCUT2D eigenvalue weighted by molar-refractivity contribution is -0.144. The largest absolute Gasteiger partial charge is 0.431 e. The first kappa shape index (κ1) is 20.4. The average Bonchev–Trinajstić information content (AvgIpc) is 2.54. The molecule has 0 aliphatic carbocycles. The summed E-state index contributed by atoms with van der Waals surface area (Å²) in [6, 6.07) is 7.70. The van der Waals surface area contributed by atoms with Crippen LogP contribution >= 0.6 is 0 Å². The maximum Gasteiger partial charge on any atom is 0.431 e. The molecule has 2 rings (SSSR count). The Morgan fingerprint density at radius 1 is 1.00 bits per heavy atom. The summed E-state index contributed by atoms with van der Waals surface area (Å²) in [5.74, 6) is -1.85. The first-order valence-corrected chi connectivity index (χ1v) is 8.07. The minimum Gasteiger partial charge on any atom is -0.365 e. The van der Waals surface area contributed by atoms with Crippen LogP contribution in [0.1, 0.15) is 52.7 Å². The molecule has 0 saturated heterocycles. The summed E-state index contributed by atoms with van der Waals surface area (Å²) in [4.78, 5) is 35.9. The highest BCUT2D eigenvalue weighted by atomic mass is 19.4. The second-order valence-electron chi connectivity index (χ2n) is 7.14. The Morgan fingerprint density at radius 2 is 1.56 bits per heavy atom. The third-order valence-electron chi connectivity index (χ3n) is 4.10. The second-order valence-corrected chi connectivity index (χ2v) is 7.14. The van der Waals surface area contributed by atoms with E-state index in [1.54, 1.807) is 12.1 Å². The molecule has 0 radical (unpaired) electrons. The summed E-state index contributed by atoms with van der Waals surface area (Å²) < 4.78 is 39.9. The standard InChI is InChI=1S/C19H19F3N2O3/c1-18(2,3)12-6-4-11(5-7-12)14(25)10-24-15(19(20,21)22)9-8-13(16(23)26)17(24)27/h4-9H,10H2,1-3H3,(H2,23,26). The molecule has 8 heteroatoms. The molecule has 0 saturated carbocycles. The molecule has 2 N–H and O–H groups in total. The number of nitrogens with two attached hydrogens (primary N) is 1. The lowest BCUT2D eigenvalue weighted by atomic mass is 9.86. The van der Waals surface area contributed by atoms with Crippen molar-refractivity contribution in [2.45, 2.75) is 38.9 Å². The van der Waals surface area contributed by atoms with Gasteiger partial charge in [0.25, 0.3) is 11.5 Å². The van der Waals surface area contributed by atoms with Crippen molar-refractivity contribution < 1.29 is 22.8 Å². The second kappa shape index (κ2) is 7.02. The van der Waals surface area contributed by atoms with Crippen molar-refractivity contribution in [2.75, 3.05) is 0 Å². The molecule has 0 bridgehead atoms. The molecule has 0 spiro atoms. The number of carbonyl (C=O) groups excluding carboxylic acids is 2. The van der Waals surface area contributed by atoms with Crippen LogP contribution in [-0.4, -0.2) is 16.3 Å². The van der Waals surface area contributed by atoms with E-state index in [1.165, 1.54) is 12.1 Å². The van der Waals surface area contributed by atoms with Crippen molar-refractivity contribution in [3.8, 4) is 0 Å². The van der Waals surface area contributed by atoms with Crippen LogP contribution in [0.5, 0.6) is 0 Å². The summed E-state index contributed by atoms with van der Waals surface area (Å²) in [6.07, 6.45) is -4.87. The monoisotopic (exact) mass is 380 g/mol. The van der Waals surface area contributed by atoms with Crippen LogP contribution in [0.25, 0.3) is 0 Å². The average molecular weight is 380 g/mol. The van der Waals surface area contributed by atoms with Crippen molar-refractivity contribution in [3.63, 3.8) is 0 Å². The molecule has 1 heterocycles. The number of primary amides is 1. The summed E-state index contributed by atoms with van der Waals surface area (Å²) in [7, 11) is 0. The van der Waals surface area contributed by atoms with Crippen LogP contribution in [0.2, 0.25) is 0 Å². The Bertz CT molecular complexity index is 937. The van der Waals surface area contributed by atoms with E-state index in [9.17, 15) is 27.6 Å². The third kappa shape index (κ3) is 4.45. The zero-order chi connectivity index (χ0) is 20.6. The number of Topliss-reactive ketones (excluding diaryl/α,β-unsaturated/α-hetero) is 1. The highest BCUT2D eigenvalue weighted by molar-refractivity contribution is 5.96. The number of alkyl halides is 3. The minimum atomic E-state index is -4.87. The fraction of sp³-hybridized carbons (Fsp3) is 0.316. The van der Waals surface area contributed by atoms with E-state index in [4.69, 9.17) is 5.73 Å². The van der Waals surface area contributed by atoms with Crippen molar-refractivity contribution >= 4 is 11.7 Å². The summed E-state index contributed by atoms with van der Waals surface area (Å²) in [5, 5.41) is 0. The number of amides is 1. The molecular formula is C19H19F3N2O3. The minimum absolute atomic E-state index is 0.155. The highest BCUT2D eigenvalue weighted by Crippen LogP contribution is 2.29.